The fraction of sp³-hybridized carbons (Fsp3) is 0.429. The second-order valence-corrected chi connectivity index (χ2v) is 7.49. The Kier molecular flexibility index (Phi) is 5.38. The third kappa shape index (κ3) is 3.29. The van der Waals surface area contributed by atoms with Crippen molar-refractivity contribution in [2.24, 2.45) is 5.73 Å². The Balaban J connectivity index is 2.10. The van der Waals surface area contributed by atoms with E-state index in [2.05, 4.69) is 66.2 Å². The molecule has 1 aromatic heterocycles. The van der Waals surface area contributed by atoms with E-state index in [1.54, 1.807) is 0 Å². The van der Waals surface area contributed by atoms with Crippen molar-refractivity contribution in [3.63, 3.8) is 0 Å². The van der Waals surface area contributed by atoms with Gasteiger partial charge in [-0.1, -0.05) is 50.2 Å². The van der Waals surface area contributed by atoms with Crippen molar-refractivity contribution in [1.82, 2.24) is 9.88 Å². The van der Waals surface area contributed by atoms with E-state index in [9.17, 15) is 0 Å². The first kappa shape index (κ1) is 18.2. The molecule has 3 rings (SSSR count). The van der Waals surface area contributed by atoms with Crippen LogP contribution < -0.4 is 5.73 Å². The molecule has 0 aliphatic heterocycles. The summed E-state index contributed by atoms with van der Waals surface area (Å²) in [5.74, 6) is 0. The summed E-state index contributed by atoms with van der Waals surface area (Å²) in [7, 11) is 0. The lowest BCUT2D eigenvalue weighted by Gasteiger charge is -2.35. The number of fused-ring (bicyclic) bond motifs is 3. The number of H-pyrrole nitrogens is 1. The number of benzene rings is 2. The zero-order chi connectivity index (χ0) is 18.0. The highest BCUT2D eigenvalue weighted by Gasteiger charge is 2.35. The van der Waals surface area contributed by atoms with Gasteiger partial charge in [-0.2, -0.15) is 0 Å². The van der Waals surface area contributed by atoms with Gasteiger partial charge in [0.25, 0.3) is 0 Å². The number of hydrogen-bond donors (Lipinski definition) is 2. The van der Waals surface area contributed by atoms with E-state index < -0.39 is 5.54 Å². The van der Waals surface area contributed by atoms with Crippen LogP contribution in [-0.4, -0.2) is 34.9 Å². The maximum absolute atomic E-state index is 6.93. The summed E-state index contributed by atoms with van der Waals surface area (Å²) in [5.41, 5.74) is 9.70. The van der Waals surface area contributed by atoms with E-state index >= 15 is 0 Å². The summed E-state index contributed by atoms with van der Waals surface area (Å²) in [6.07, 6.45) is 0.827. The van der Waals surface area contributed by atoms with Gasteiger partial charge in [0.05, 0.1) is 16.4 Å². The predicted molar refractivity (Wildman–Crippen MR) is 109 cm³/mol. The first-order valence-electron chi connectivity index (χ1n) is 9.16. The molecule has 2 unspecified atom stereocenters. The van der Waals surface area contributed by atoms with E-state index in [-0.39, 0.29) is 5.38 Å². The molecule has 1 heterocycles. The molecule has 3 N–H and O–H groups in total. The molecule has 0 radical (unpaired) electrons. The lowest BCUT2D eigenvalue weighted by atomic mass is 9.83. The van der Waals surface area contributed by atoms with Crippen molar-refractivity contribution in [3.05, 3.63) is 48.0 Å². The summed E-state index contributed by atoms with van der Waals surface area (Å²) in [6.45, 7) is 9.37. The topological polar surface area (TPSA) is 45.0 Å². The standard InChI is InChI=1S/C21H28ClN3/c1-4-25(5-2)14-13-21(23,15(3)22)18-11-8-10-17-16-9-6-7-12-19(16)24-20(17)18/h6-12,15,24H,4-5,13-14,23H2,1-3H3. The largest absolute Gasteiger partial charge is 0.354 e. The molecule has 0 aliphatic carbocycles. The molecule has 134 valence electrons. The molecule has 2 aromatic carbocycles. The van der Waals surface area contributed by atoms with Crippen molar-refractivity contribution in [2.75, 3.05) is 19.6 Å². The maximum Gasteiger partial charge on any atom is 0.0605 e. The molecular formula is C21H28ClN3. The number of alkyl halides is 1. The minimum atomic E-state index is -0.579. The summed E-state index contributed by atoms with van der Waals surface area (Å²) < 4.78 is 0. The Bertz CT molecular complexity index is 851. The predicted octanol–water partition coefficient (Wildman–Crippen LogP) is 4.83. The van der Waals surface area contributed by atoms with Gasteiger partial charge in [0.15, 0.2) is 0 Å². The van der Waals surface area contributed by atoms with Crippen molar-refractivity contribution >= 4 is 33.4 Å². The number of aromatic nitrogens is 1. The average Bonchev–Trinajstić information content (AvgIpc) is 3.00. The lowest BCUT2D eigenvalue weighted by molar-refractivity contribution is 0.257. The normalized spacial score (nSPS) is 15.8. The van der Waals surface area contributed by atoms with Crippen molar-refractivity contribution < 1.29 is 0 Å². The Morgan fingerprint density at radius 2 is 1.76 bits per heavy atom. The molecule has 0 spiro atoms. The van der Waals surface area contributed by atoms with Crippen LogP contribution in [-0.2, 0) is 5.54 Å². The van der Waals surface area contributed by atoms with E-state index in [0.717, 1.165) is 42.7 Å². The molecule has 0 bridgehead atoms. The zero-order valence-corrected chi connectivity index (χ0v) is 16.1. The van der Waals surface area contributed by atoms with E-state index in [4.69, 9.17) is 17.3 Å². The fourth-order valence-electron chi connectivity index (χ4n) is 3.69. The third-order valence-corrected chi connectivity index (χ3v) is 5.88. The zero-order valence-electron chi connectivity index (χ0n) is 15.3. The van der Waals surface area contributed by atoms with Gasteiger partial charge in [0.2, 0.25) is 0 Å². The molecule has 0 aliphatic rings. The van der Waals surface area contributed by atoms with Gasteiger partial charge in [-0.25, -0.2) is 0 Å². The first-order chi connectivity index (χ1) is 12.0. The van der Waals surface area contributed by atoms with Crippen molar-refractivity contribution in [3.8, 4) is 0 Å². The van der Waals surface area contributed by atoms with Gasteiger partial charge in [-0.15, -0.1) is 11.6 Å². The third-order valence-electron chi connectivity index (χ3n) is 5.49. The minimum Gasteiger partial charge on any atom is -0.354 e. The van der Waals surface area contributed by atoms with Crippen LogP contribution in [0.3, 0.4) is 0 Å². The smallest absolute Gasteiger partial charge is 0.0605 e. The van der Waals surface area contributed by atoms with Crippen molar-refractivity contribution in [2.45, 2.75) is 38.1 Å². The van der Waals surface area contributed by atoms with Crippen LogP contribution in [0.5, 0.6) is 0 Å². The number of halogens is 1. The number of nitrogens with one attached hydrogen (secondary N) is 1. The molecule has 0 amide bonds. The minimum absolute atomic E-state index is 0.167. The van der Waals surface area contributed by atoms with Crippen LogP contribution in [0.4, 0.5) is 0 Å². The molecule has 3 aromatic rings. The number of para-hydroxylation sites is 2. The number of rotatable bonds is 7. The Labute approximate surface area is 155 Å². The Hall–Kier alpha value is -1.55. The second kappa shape index (κ2) is 7.36. The molecule has 0 saturated heterocycles. The highest BCUT2D eigenvalue weighted by atomic mass is 35.5. The van der Waals surface area contributed by atoms with Gasteiger partial charge >= 0.3 is 0 Å². The number of nitrogens with zero attached hydrogens (tertiary/aromatic N) is 1. The van der Waals surface area contributed by atoms with Crippen molar-refractivity contribution in [1.29, 1.82) is 0 Å². The molecule has 0 saturated carbocycles. The van der Waals surface area contributed by atoms with Gasteiger partial charge < -0.3 is 15.6 Å². The van der Waals surface area contributed by atoms with E-state index in [0.29, 0.717) is 0 Å². The summed E-state index contributed by atoms with van der Waals surface area (Å²) in [5, 5.41) is 2.27. The highest BCUT2D eigenvalue weighted by molar-refractivity contribution is 6.21. The SMILES string of the molecule is CCN(CC)CCC(N)(c1cccc2c1[nH]c1ccccc12)C(C)Cl. The molecule has 25 heavy (non-hydrogen) atoms. The van der Waals surface area contributed by atoms with Gasteiger partial charge in [-0.3, -0.25) is 0 Å². The quantitative estimate of drug-likeness (QED) is 0.594. The van der Waals surface area contributed by atoms with Gasteiger partial charge in [-0.05, 0) is 38.1 Å². The first-order valence-corrected chi connectivity index (χ1v) is 9.60. The van der Waals surface area contributed by atoms with E-state index in [1.807, 2.05) is 6.92 Å². The van der Waals surface area contributed by atoms with Crippen LogP contribution in [0.1, 0.15) is 32.8 Å². The van der Waals surface area contributed by atoms with Crippen LogP contribution in [0.25, 0.3) is 21.8 Å². The molecule has 2 atom stereocenters. The van der Waals surface area contributed by atoms with Crippen LogP contribution >= 0.6 is 11.6 Å². The average molecular weight is 358 g/mol. The summed E-state index contributed by atoms with van der Waals surface area (Å²) in [4.78, 5) is 5.97. The Morgan fingerprint density at radius 1 is 1.08 bits per heavy atom. The van der Waals surface area contributed by atoms with Gasteiger partial charge in [0, 0.05) is 22.8 Å². The van der Waals surface area contributed by atoms with E-state index in [1.165, 1.54) is 10.8 Å². The van der Waals surface area contributed by atoms with Crippen LogP contribution in [0, 0.1) is 0 Å². The molecule has 0 fully saturated rings. The number of nitrogens with two attached hydrogens (primary N) is 1. The molecule has 4 heteroatoms. The lowest BCUT2D eigenvalue weighted by Crippen LogP contribution is -2.46. The number of hydrogen-bond acceptors (Lipinski definition) is 2. The molecule has 3 nitrogen and oxygen atoms in total. The van der Waals surface area contributed by atoms with Crippen LogP contribution in [0.2, 0.25) is 0 Å². The second-order valence-electron chi connectivity index (χ2n) is 6.83. The molecular weight excluding hydrogens is 330 g/mol. The van der Waals surface area contributed by atoms with Gasteiger partial charge in [0.1, 0.15) is 0 Å². The Morgan fingerprint density at radius 3 is 2.44 bits per heavy atom. The maximum atomic E-state index is 6.93. The highest BCUT2D eigenvalue weighted by Crippen LogP contribution is 2.37. The summed E-state index contributed by atoms with van der Waals surface area (Å²) in [6, 6.07) is 14.8. The number of aromatic amines is 1. The monoisotopic (exact) mass is 357 g/mol. The fourth-order valence-corrected chi connectivity index (χ4v) is 3.92. The van der Waals surface area contributed by atoms with Crippen LogP contribution in [0.15, 0.2) is 42.5 Å². The summed E-state index contributed by atoms with van der Waals surface area (Å²) >= 11 is 6.63.